The minimum Gasteiger partial charge on any atom is -0.483 e. The maximum Gasteiger partial charge on any atom is 0.261 e. The van der Waals surface area contributed by atoms with Crippen LogP contribution in [0.2, 0.25) is 5.02 Å². The molecule has 3 aromatic rings. The molecule has 1 N–H and O–H groups in total. The van der Waals surface area contributed by atoms with Gasteiger partial charge in [0.2, 0.25) is 5.91 Å². The summed E-state index contributed by atoms with van der Waals surface area (Å²) in [6.45, 7) is 4.14. The molecule has 2 amide bonds. The summed E-state index contributed by atoms with van der Waals surface area (Å²) in [4.78, 5) is 27.0. The van der Waals surface area contributed by atoms with Gasteiger partial charge in [-0.05, 0) is 64.3 Å². The fourth-order valence-corrected chi connectivity index (χ4v) is 3.97. The molecule has 5 nitrogen and oxygen atoms in total. The fraction of sp³-hybridized carbons (Fsp3) is 0.250. The number of nitrogens with one attached hydrogen (secondary N) is 1. The Hall–Kier alpha value is -2.57. The largest absolute Gasteiger partial charge is 0.483 e. The predicted molar refractivity (Wildman–Crippen MR) is 127 cm³/mol. The van der Waals surface area contributed by atoms with Gasteiger partial charge < -0.3 is 15.0 Å². The third-order valence-corrected chi connectivity index (χ3v) is 6.03. The smallest absolute Gasteiger partial charge is 0.261 e. The van der Waals surface area contributed by atoms with Crippen LogP contribution in [0.3, 0.4) is 0 Å². The highest BCUT2D eigenvalue weighted by molar-refractivity contribution is 9.10. The van der Waals surface area contributed by atoms with Gasteiger partial charge in [0, 0.05) is 18.1 Å². The number of likely N-dealkylation sites (N-methyl/N-ethyl adjacent to an activating group) is 1. The van der Waals surface area contributed by atoms with Crippen LogP contribution in [0.4, 0.5) is 0 Å². The van der Waals surface area contributed by atoms with Crippen molar-refractivity contribution in [3.8, 4) is 5.75 Å². The molecule has 7 heteroatoms. The Morgan fingerprint density at radius 1 is 1.10 bits per heavy atom. The molecule has 3 aromatic carbocycles. The average Bonchev–Trinajstić information content (AvgIpc) is 2.78. The summed E-state index contributed by atoms with van der Waals surface area (Å²) in [5.41, 5.74) is 0.876. The third kappa shape index (κ3) is 5.77. The molecule has 0 saturated heterocycles. The maximum atomic E-state index is 13.1. The summed E-state index contributed by atoms with van der Waals surface area (Å²) in [5.74, 6) is 0.0783. The zero-order valence-corrected chi connectivity index (χ0v) is 19.7. The molecule has 3 rings (SSSR count). The Labute approximate surface area is 195 Å². The zero-order chi connectivity index (χ0) is 22.4. The second-order valence-corrected chi connectivity index (χ2v) is 8.34. The molecule has 31 heavy (non-hydrogen) atoms. The second kappa shape index (κ2) is 10.6. The lowest BCUT2D eigenvalue weighted by molar-refractivity contribution is -0.142. The second-order valence-electron chi connectivity index (χ2n) is 7.11. The first-order chi connectivity index (χ1) is 14.9. The number of hydrogen-bond acceptors (Lipinski definition) is 3. The molecule has 0 bridgehead atoms. The van der Waals surface area contributed by atoms with E-state index in [4.69, 9.17) is 16.3 Å². The van der Waals surface area contributed by atoms with E-state index < -0.39 is 6.04 Å². The van der Waals surface area contributed by atoms with Crippen LogP contribution in [0.1, 0.15) is 19.4 Å². The fourth-order valence-electron chi connectivity index (χ4n) is 3.24. The highest BCUT2D eigenvalue weighted by Crippen LogP contribution is 2.33. The van der Waals surface area contributed by atoms with Gasteiger partial charge in [-0.3, -0.25) is 9.59 Å². The van der Waals surface area contributed by atoms with Gasteiger partial charge in [0.1, 0.15) is 11.8 Å². The SMILES string of the molecule is CCNC(=O)[C@H](C)N(Cc1ccc(Cl)cc1)C(=O)COc1ccc2ccccc2c1Br. The molecule has 0 aliphatic rings. The van der Waals surface area contributed by atoms with Crippen LogP contribution in [-0.2, 0) is 16.1 Å². The molecule has 0 unspecified atom stereocenters. The number of carbonyl (C=O) groups excluding carboxylic acids is 2. The summed E-state index contributed by atoms with van der Waals surface area (Å²) in [5, 5.41) is 5.46. The van der Waals surface area contributed by atoms with Crippen molar-refractivity contribution in [1.82, 2.24) is 10.2 Å². The van der Waals surface area contributed by atoms with Crippen molar-refractivity contribution in [2.75, 3.05) is 13.2 Å². The van der Waals surface area contributed by atoms with E-state index in [-0.39, 0.29) is 25.0 Å². The van der Waals surface area contributed by atoms with Crippen molar-refractivity contribution in [2.45, 2.75) is 26.4 Å². The molecule has 0 fully saturated rings. The predicted octanol–water partition coefficient (Wildman–Crippen LogP) is 5.19. The molecular weight excluding hydrogens is 480 g/mol. The summed E-state index contributed by atoms with van der Waals surface area (Å²) in [6, 6.07) is 18.3. The third-order valence-electron chi connectivity index (χ3n) is 4.96. The summed E-state index contributed by atoms with van der Waals surface area (Å²) >= 11 is 9.55. The number of fused-ring (bicyclic) bond motifs is 1. The van der Waals surface area contributed by atoms with E-state index in [1.807, 2.05) is 55.5 Å². The molecule has 162 valence electrons. The van der Waals surface area contributed by atoms with Crippen LogP contribution in [0.5, 0.6) is 5.75 Å². The van der Waals surface area contributed by atoms with Gasteiger partial charge in [0.05, 0.1) is 4.47 Å². The number of halogens is 2. The van der Waals surface area contributed by atoms with E-state index in [0.29, 0.717) is 17.3 Å². The highest BCUT2D eigenvalue weighted by Gasteiger charge is 2.26. The lowest BCUT2D eigenvalue weighted by Gasteiger charge is -2.28. The Morgan fingerprint density at radius 3 is 2.52 bits per heavy atom. The molecule has 0 radical (unpaired) electrons. The Morgan fingerprint density at radius 2 is 1.81 bits per heavy atom. The zero-order valence-electron chi connectivity index (χ0n) is 17.4. The Bertz CT molecular complexity index is 1070. The van der Waals surface area contributed by atoms with Crippen LogP contribution in [0, 0.1) is 0 Å². The first kappa shape index (κ1) is 23.1. The maximum absolute atomic E-state index is 13.1. The molecule has 0 spiro atoms. The topological polar surface area (TPSA) is 58.6 Å². The highest BCUT2D eigenvalue weighted by atomic mass is 79.9. The van der Waals surface area contributed by atoms with Crippen molar-refractivity contribution < 1.29 is 14.3 Å². The number of nitrogens with zero attached hydrogens (tertiary/aromatic N) is 1. The van der Waals surface area contributed by atoms with E-state index in [0.717, 1.165) is 20.8 Å². The Kier molecular flexibility index (Phi) is 7.93. The first-order valence-electron chi connectivity index (χ1n) is 10.0. The lowest BCUT2D eigenvalue weighted by atomic mass is 10.1. The number of carbonyl (C=O) groups is 2. The summed E-state index contributed by atoms with van der Waals surface area (Å²) in [6.07, 6.45) is 0. The van der Waals surface area contributed by atoms with E-state index in [1.54, 1.807) is 19.1 Å². The number of ether oxygens (including phenoxy) is 1. The summed E-state index contributed by atoms with van der Waals surface area (Å²) in [7, 11) is 0. The number of amides is 2. The molecule has 0 aromatic heterocycles. The number of hydrogen-bond donors (Lipinski definition) is 1. The number of rotatable bonds is 8. The van der Waals surface area contributed by atoms with Crippen LogP contribution < -0.4 is 10.1 Å². The van der Waals surface area contributed by atoms with Gasteiger partial charge in [-0.2, -0.15) is 0 Å². The van der Waals surface area contributed by atoms with Crippen LogP contribution >= 0.6 is 27.5 Å². The van der Waals surface area contributed by atoms with Gasteiger partial charge in [-0.25, -0.2) is 0 Å². The molecule has 0 aliphatic carbocycles. The normalized spacial score (nSPS) is 11.7. The number of benzene rings is 3. The van der Waals surface area contributed by atoms with E-state index >= 15 is 0 Å². The average molecular weight is 504 g/mol. The van der Waals surface area contributed by atoms with Gasteiger partial charge >= 0.3 is 0 Å². The van der Waals surface area contributed by atoms with E-state index in [2.05, 4.69) is 21.2 Å². The van der Waals surface area contributed by atoms with Crippen molar-refractivity contribution in [1.29, 1.82) is 0 Å². The monoisotopic (exact) mass is 502 g/mol. The molecule has 0 saturated carbocycles. The van der Waals surface area contributed by atoms with E-state index in [1.165, 1.54) is 4.90 Å². The molecule has 0 aliphatic heterocycles. The first-order valence-corrected chi connectivity index (χ1v) is 11.2. The van der Waals surface area contributed by atoms with Gasteiger partial charge in [-0.1, -0.05) is 54.1 Å². The van der Waals surface area contributed by atoms with Crippen molar-refractivity contribution in [2.24, 2.45) is 0 Å². The van der Waals surface area contributed by atoms with Gasteiger partial charge in [0.15, 0.2) is 6.61 Å². The molecule has 0 heterocycles. The standard InChI is InChI=1S/C24H24BrClN2O3/c1-3-27-24(30)16(2)28(14-17-8-11-19(26)12-9-17)22(29)15-31-21-13-10-18-6-4-5-7-20(18)23(21)25/h4-13,16H,3,14-15H2,1-2H3,(H,27,30)/t16-/m0/s1. The quantitative estimate of drug-likeness (QED) is 0.460. The lowest BCUT2D eigenvalue weighted by Crippen LogP contribution is -2.49. The van der Waals surface area contributed by atoms with E-state index in [9.17, 15) is 9.59 Å². The van der Waals surface area contributed by atoms with Crippen molar-refractivity contribution in [3.63, 3.8) is 0 Å². The van der Waals surface area contributed by atoms with Crippen LogP contribution in [0.15, 0.2) is 65.1 Å². The minimum absolute atomic E-state index is 0.186. The molecular formula is C24H24BrClN2O3. The Balaban J connectivity index is 1.78. The minimum atomic E-state index is -0.647. The van der Waals surface area contributed by atoms with Crippen molar-refractivity contribution in [3.05, 3.63) is 75.7 Å². The van der Waals surface area contributed by atoms with Crippen molar-refractivity contribution >= 4 is 50.1 Å². The van der Waals surface area contributed by atoms with Gasteiger partial charge in [-0.15, -0.1) is 0 Å². The van der Waals surface area contributed by atoms with Crippen LogP contribution in [-0.4, -0.2) is 35.9 Å². The molecule has 1 atom stereocenters. The van der Waals surface area contributed by atoms with Gasteiger partial charge in [0.25, 0.3) is 5.91 Å². The summed E-state index contributed by atoms with van der Waals surface area (Å²) < 4.78 is 6.63. The van der Waals surface area contributed by atoms with Crippen LogP contribution in [0.25, 0.3) is 10.8 Å².